The highest BCUT2D eigenvalue weighted by Crippen LogP contribution is 2.34. The molecule has 0 bridgehead atoms. The molecule has 3 atom stereocenters. The average molecular weight is 521 g/mol. The summed E-state index contributed by atoms with van der Waals surface area (Å²) in [4.78, 5) is 14.8. The summed E-state index contributed by atoms with van der Waals surface area (Å²) in [7, 11) is -2.18. The van der Waals surface area contributed by atoms with E-state index in [1.807, 2.05) is 6.92 Å². The molecule has 1 fully saturated rings. The predicted octanol–water partition coefficient (Wildman–Crippen LogP) is 2.62. The number of aliphatic hydroxyl groups excluding tert-OH is 1. The Balaban J connectivity index is 1.99. The molecule has 0 unspecified atom stereocenters. The van der Waals surface area contributed by atoms with E-state index >= 15 is 0 Å². The maximum absolute atomic E-state index is 13.6. The number of benzene rings is 1. The predicted molar refractivity (Wildman–Crippen MR) is 138 cm³/mol. The smallest absolute Gasteiger partial charge is 0.247 e. The van der Waals surface area contributed by atoms with Crippen LogP contribution in [0.1, 0.15) is 65.4 Å². The molecule has 1 aliphatic heterocycles. The zero-order chi connectivity index (χ0) is 26.7. The van der Waals surface area contributed by atoms with Crippen LogP contribution in [0.15, 0.2) is 23.1 Å². The molecule has 1 amide bonds. The van der Waals surface area contributed by atoms with E-state index in [4.69, 9.17) is 4.74 Å². The molecule has 0 radical (unpaired) electrons. The number of amides is 1. The fraction of sp³-hybridized carbons (Fsp3) is 0.667. The van der Waals surface area contributed by atoms with Crippen molar-refractivity contribution >= 4 is 15.9 Å². The van der Waals surface area contributed by atoms with Gasteiger partial charge in [-0.1, -0.05) is 38.0 Å². The van der Waals surface area contributed by atoms with Gasteiger partial charge in [-0.05, 0) is 51.8 Å². The molecule has 200 valence electrons. The second kappa shape index (κ2) is 11.5. The molecule has 0 saturated heterocycles. The summed E-state index contributed by atoms with van der Waals surface area (Å²) in [5.41, 5.74) is -0.699. The standard InChI is InChI=1S/C27H40N2O6S/c1-19-16-29(20(2)18-30)36(33,34)25-12-11-21(13-14-27(3,4)32)15-23(25)35-24(19)17-28(5)26(31)22-9-7-6-8-10-22/h11-12,15,19-20,22,24,30,32H,6-10,16-18H2,1-5H3/t19-,20-,24+/m0/s1. The molecule has 1 saturated carbocycles. The summed E-state index contributed by atoms with van der Waals surface area (Å²) in [6, 6.07) is 3.99. The highest BCUT2D eigenvalue weighted by Gasteiger charge is 2.38. The Morgan fingerprint density at radius 1 is 1.28 bits per heavy atom. The lowest BCUT2D eigenvalue weighted by Crippen LogP contribution is -2.50. The van der Waals surface area contributed by atoms with Gasteiger partial charge in [-0.3, -0.25) is 4.79 Å². The highest BCUT2D eigenvalue weighted by molar-refractivity contribution is 7.89. The van der Waals surface area contributed by atoms with Gasteiger partial charge in [0.05, 0.1) is 13.2 Å². The normalized spacial score (nSPS) is 23.8. The lowest BCUT2D eigenvalue weighted by Gasteiger charge is -2.38. The first-order chi connectivity index (χ1) is 16.8. The summed E-state index contributed by atoms with van der Waals surface area (Å²) in [6.07, 6.45) is 4.62. The van der Waals surface area contributed by atoms with Gasteiger partial charge in [0.25, 0.3) is 0 Å². The number of sulfonamides is 1. The summed E-state index contributed by atoms with van der Waals surface area (Å²) in [6.45, 7) is 6.86. The Kier molecular flexibility index (Phi) is 9.10. The number of hydrogen-bond donors (Lipinski definition) is 2. The first-order valence-corrected chi connectivity index (χ1v) is 14.2. The molecule has 8 nitrogen and oxygen atoms in total. The maximum Gasteiger partial charge on any atom is 0.247 e. The average Bonchev–Trinajstić information content (AvgIpc) is 2.83. The van der Waals surface area contributed by atoms with Gasteiger partial charge in [0.2, 0.25) is 15.9 Å². The van der Waals surface area contributed by atoms with Crippen LogP contribution in [0.3, 0.4) is 0 Å². The van der Waals surface area contributed by atoms with Crippen molar-refractivity contribution in [1.29, 1.82) is 0 Å². The molecule has 9 heteroatoms. The first kappa shape index (κ1) is 28.5. The Morgan fingerprint density at radius 3 is 2.56 bits per heavy atom. The van der Waals surface area contributed by atoms with Crippen molar-refractivity contribution in [2.45, 2.75) is 82.4 Å². The Hall–Kier alpha value is -2.12. The quantitative estimate of drug-likeness (QED) is 0.578. The summed E-state index contributed by atoms with van der Waals surface area (Å²) in [5, 5.41) is 19.8. The van der Waals surface area contributed by atoms with E-state index in [1.165, 1.54) is 16.8 Å². The fourth-order valence-corrected chi connectivity index (χ4v) is 6.59. The van der Waals surface area contributed by atoms with E-state index in [0.717, 1.165) is 25.7 Å². The Labute approximate surface area is 215 Å². The molecule has 1 aliphatic carbocycles. The van der Waals surface area contributed by atoms with Crippen LogP contribution in [-0.2, 0) is 14.8 Å². The summed E-state index contributed by atoms with van der Waals surface area (Å²) in [5.74, 6) is 5.64. The molecule has 2 N–H and O–H groups in total. The second-order valence-corrected chi connectivity index (χ2v) is 12.6. The highest BCUT2D eigenvalue weighted by atomic mass is 32.2. The molecule has 1 aromatic rings. The van der Waals surface area contributed by atoms with Crippen LogP contribution >= 0.6 is 0 Å². The molecule has 2 aliphatic rings. The van der Waals surface area contributed by atoms with Crippen LogP contribution < -0.4 is 4.74 Å². The van der Waals surface area contributed by atoms with Gasteiger partial charge >= 0.3 is 0 Å². The van der Waals surface area contributed by atoms with Gasteiger partial charge in [0.15, 0.2) is 0 Å². The van der Waals surface area contributed by atoms with Crippen molar-refractivity contribution < 1.29 is 28.2 Å². The monoisotopic (exact) mass is 520 g/mol. The minimum Gasteiger partial charge on any atom is -0.487 e. The van der Waals surface area contributed by atoms with E-state index in [0.29, 0.717) is 12.1 Å². The molecule has 1 aromatic carbocycles. The lowest BCUT2D eigenvalue weighted by atomic mass is 9.88. The SMILES string of the molecule is C[C@H]1CN([C@@H](C)CO)S(=O)(=O)c2ccc(C#CC(C)(C)O)cc2O[C@@H]1CN(C)C(=O)C1CCCCC1. The molecule has 3 rings (SSSR count). The van der Waals surface area contributed by atoms with Crippen LogP contribution in [0, 0.1) is 23.7 Å². The number of carbonyl (C=O) groups is 1. The number of hydrogen-bond acceptors (Lipinski definition) is 6. The number of ether oxygens (including phenoxy) is 1. The molecular formula is C27H40N2O6S. The van der Waals surface area contributed by atoms with E-state index in [2.05, 4.69) is 11.8 Å². The number of fused-ring (bicyclic) bond motifs is 1. The number of carbonyl (C=O) groups excluding carboxylic acids is 1. The molecule has 0 aromatic heterocycles. The van der Waals surface area contributed by atoms with E-state index in [1.54, 1.807) is 44.9 Å². The fourth-order valence-electron chi connectivity index (χ4n) is 4.77. The van der Waals surface area contributed by atoms with Crippen molar-refractivity contribution in [3.05, 3.63) is 23.8 Å². The van der Waals surface area contributed by atoms with Gasteiger partial charge < -0.3 is 19.8 Å². The second-order valence-electron chi connectivity index (χ2n) is 10.8. The van der Waals surface area contributed by atoms with Crippen LogP contribution in [0.2, 0.25) is 0 Å². The van der Waals surface area contributed by atoms with Gasteiger partial charge in [-0.25, -0.2) is 8.42 Å². The summed E-state index contributed by atoms with van der Waals surface area (Å²) < 4.78 is 34.8. The van der Waals surface area contributed by atoms with Gasteiger partial charge in [0, 0.05) is 37.0 Å². The third-order valence-electron chi connectivity index (χ3n) is 6.96. The Bertz CT molecular complexity index is 1100. The molecular weight excluding hydrogens is 480 g/mol. The van der Waals surface area contributed by atoms with Crippen molar-refractivity contribution in [2.75, 3.05) is 26.7 Å². The van der Waals surface area contributed by atoms with Crippen LogP contribution in [-0.4, -0.2) is 78.2 Å². The summed E-state index contributed by atoms with van der Waals surface area (Å²) >= 11 is 0. The van der Waals surface area contributed by atoms with Crippen LogP contribution in [0.25, 0.3) is 0 Å². The number of aliphatic hydroxyl groups is 2. The molecule has 1 heterocycles. The maximum atomic E-state index is 13.6. The van der Waals surface area contributed by atoms with Crippen molar-refractivity contribution in [2.24, 2.45) is 11.8 Å². The van der Waals surface area contributed by atoms with Crippen molar-refractivity contribution in [1.82, 2.24) is 9.21 Å². The third-order valence-corrected chi connectivity index (χ3v) is 8.98. The topological polar surface area (TPSA) is 107 Å². The van der Waals surface area contributed by atoms with Crippen LogP contribution in [0.4, 0.5) is 0 Å². The van der Waals surface area contributed by atoms with E-state index < -0.39 is 27.8 Å². The van der Waals surface area contributed by atoms with Gasteiger partial charge in [-0.2, -0.15) is 4.31 Å². The number of likely N-dealkylation sites (N-methyl/N-ethyl adjacent to an activating group) is 1. The zero-order valence-electron chi connectivity index (χ0n) is 22.0. The van der Waals surface area contributed by atoms with Crippen molar-refractivity contribution in [3.63, 3.8) is 0 Å². The minimum atomic E-state index is -3.96. The molecule has 0 spiro atoms. The minimum absolute atomic E-state index is 0.00484. The molecule has 36 heavy (non-hydrogen) atoms. The first-order valence-electron chi connectivity index (χ1n) is 12.8. The van der Waals surface area contributed by atoms with Crippen LogP contribution in [0.5, 0.6) is 5.75 Å². The van der Waals surface area contributed by atoms with Crippen molar-refractivity contribution in [3.8, 4) is 17.6 Å². The third kappa shape index (κ3) is 6.80. The number of rotatable bonds is 5. The lowest BCUT2D eigenvalue weighted by molar-refractivity contribution is -0.136. The Morgan fingerprint density at radius 2 is 1.94 bits per heavy atom. The van der Waals surface area contributed by atoms with Gasteiger partial charge in [0.1, 0.15) is 22.4 Å². The van der Waals surface area contributed by atoms with E-state index in [9.17, 15) is 23.4 Å². The number of nitrogens with zero attached hydrogens (tertiary/aromatic N) is 2. The van der Waals surface area contributed by atoms with Gasteiger partial charge in [-0.15, -0.1) is 0 Å². The largest absolute Gasteiger partial charge is 0.487 e. The zero-order valence-corrected chi connectivity index (χ0v) is 22.8. The van der Waals surface area contributed by atoms with E-state index in [-0.39, 0.29) is 41.5 Å².